The SMILES string of the molecule is CC[C@H](C(=O)NC(C)C)N(Cc1ccccc1)C(=O)Cc1cc(C)cc(C)c1. The summed E-state index contributed by atoms with van der Waals surface area (Å²) in [6.45, 7) is 10.3. The number of benzene rings is 2. The largest absolute Gasteiger partial charge is 0.352 e. The zero-order valence-corrected chi connectivity index (χ0v) is 17.7. The van der Waals surface area contributed by atoms with Crippen molar-refractivity contribution in [2.24, 2.45) is 0 Å². The molecule has 0 aliphatic heterocycles. The molecule has 1 N–H and O–H groups in total. The topological polar surface area (TPSA) is 49.4 Å². The molecular weight excluding hydrogens is 348 g/mol. The maximum atomic E-state index is 13.3. The minimum atomic E-state index is -0.485. The van der Waals surface area contributed by atoms with Gasteiger partial charge in [0, 0.05) is 12.6 Å². The van der Waals surface area contributed by atoms with Crippen LogP contribution < -0.4 is 5.32 Å². The second-order valence-electron chi connectivity index (χ2n) is 7.77. The molecule has 0 spiro atoms. The summed E-state index contributed by atoms with van der Waals surface area (Å²) >= 11 is 0. The van der Waals surface area contributed by atoms with Gasteiger partial charge in [0.2, 0.25) is 11.8 Å². The summed E-state index contributed by atoms with van der Waals surface area (Å²) in [5.41, 5.74) is 4.29. The van der Waals surface area contributed by atoms with Crippen LogP contribution in [-0.2, 0) is 22.6 Å². The minimum absolute atomic E-state index is 0.0281. The molecule has 150 valence electrons. The van der Waals surface area contributed by atoms with E-state index >= 15 is 0 Å². The van der Waals surface area contributed by atoms with Crippen molar-refractivity contribution in [2.45, 2.75) is 66.1 Å². The van der Waals surface area contributed by atoms with Gasteiger partial charge in [-0.25, -0.2) is 0 Å². The predicted molar refractivity (Wildman–Crippen MR) is 114 cm³/mol. The molecular formula is C24H32N2O2. The van der Waals surface area contributed by atoms with Crippen molar-refractivity contribution in [3.63, 3.8) is 0 Å². The van der Waals surface area contributed by atoms with Crippen LogP contribution in [0.25, 0.3) is 0 Å². The highest BCUT2D eigenvalue weighted by Gasteiger charge is 2.28. The van der Waals surface area contributed by atoms with E-state index in [1.165, 1.54) is 0 Å². The molecule has 0 unspecified atom stereocenters. The van der Waals surface area contributed by atoms with Crippen LogP contribution in [0.2, 0.25) is 0 Å². The number of rotatable bonds is 8. The smallest absolute Gasteiger partial charge is 0.243 e. The zero-order chi connectivity index (χ0) is 20.7. The summed E-state index contributed by atoms with van der Waals surface area (Å²) < 4.78 is 0. The Bertz CT molecular complexity index is 779. The molecule has 0 aliphatic rings. The Kier molecular flexibility index (Phi) is 7.80. The molecule has 2 amide bonds. The highest BCUT2D eigenvalue weighted by atomic mass is 16.2. The molecule has 4 heteroatoms. The lowest BCUT2D eigenvalue weighted by molar-refractivity contribution is -0.141. The van der Waals surface area contributed by atoms with Crippen LogP contribution >= 0.6 is 0 Å². The Morgan fingerprint density at radius 1 is 0.964 bits per heavy atom. The standard InChI is InChI=1S/C24H32N2O2/c1-6-22(24(28)25-17(2)3)26(16-20-10-8-7-9-11-20)23(27)15-21-13-18(4)12-19(5)14-21/h7-14,17,22H,6,15-16H2,1-5H3,(H,25,28)/t22-/m1/s1. The van der Waals surface area contributed by atoms with Gasteiger partial charge in [0.1, 0.15) is 6.04 Å². The molecule has 0 fully saturated rings. The molecule has 0 aromatic heterocycles. The van der Waals surface area contributed by atoms with Gasteiger partial charge < -0.3 is 10.2 Å². The molecule has 0 saturated carbocycles. The number of carbonyl (C=O) groups is 2. The molecule has 0 radical (unpaired) electrons. The fourth-order valence-corrected chi connectivity index (χ4v) is 3.53. The third-order valence-electron chi connectivity index (χ3n) is 4.65. The monoisotopic (exact) mass is 380 g/mol. The van der Waals surface area contributed by atoms with Gasteiger partial charge in [0.25, 0.3) is 0 Å². The van der Waals surface area contributed by atoms with Crippen molar-refractivity contribution in [2.75, 3.05) is 0 Å². The number of amides is 2. The number of carbonyl (C=O) groups excluding carboxylic acids is 2. The highest BCUT2D eigenvalue weighted by molar-refractivity contribution is 5.88. The average molecular weight is 381 g/mol. The fourth-order valence-electron chi connectivity index (χ4n) is 3.53. The van der Waals surface area contributed by atoms with E-state index in [2.05, 4.69) is 11.4 Å². The summed E-state index contributed by atoms with van der Waals surface area (Å²) in [5, 5.41) is 2.96. The molecule has 0 heterocycles. The van der Waals surface area contributed by atoms with Crippen molar-refractivity contribution >= 4 is 11.8 Å². The Hall–Kier alpha value is -2.62. The van der Waals surface area contributed by atoms with Crippen LogP contribution in [0.3, 0.4) is 0 Å². The first-order chi connectivity index (χ1) is 13.3. The Labute approximate surface area is 169 Å². The van der Waals surface area contributed by atoms with Gasteiger partial charge in [-0.2, -0.15) is 0 Å². The third-order valence-corrected chi connectivity index (χ3v) is 4.65. The first-order valence-corrected chi connectivity index (χ1v) is 10.0. The lowest BCUT2D eigenvalue weighted by Crippen LogP contribution is -2.50. The van der Waals surface area contributed by atoms with E-state index in [4.69, 9.17) is 0 Å². The summed E-state index contributed by atoms with van der Waals surface area (Å²) in [5.74, 6) is -0.123. The van der Waals surface area contributed by atoms with Crippen molar-refractivity contribution in [3.8, 4) is 0 Å². The molecule has 4 nitrogen and oxygen atoms in total. The van der Waals surface area contributed by atoms with Gasteiger partial charge in [-0.05, 0) is 45.2 Å². The van der Waals surface area contributed by atoms with Crippen LogP contribution in [0.15, 0.2) is 48.5 Å². The molecule has 28 heavy (non-hydrogen) atoms. The number of hydrogen-bond donors (Lipinski definition) is 1. The van der Waals surface area contributed by atoms with Crippen LogP contribution in [-0.4, -0.2) is 28.8 Å². The van der Waals surface area contributed by atoms with Crippen LogP contribution in [0.1, 0.15) is 49.4 Å². The van der Waals surface area contributed by atoms with E-state index in [0.717, 1.165) is 22.3 Å². The Morgan fingerprint density at radius 3 is 2.11 bits per heavy atom. The van der Waals surface area contributed by atoms with Gasteiger partial charge in [-0.1, -0.05) is 66.6 Å². The molecule has 2 aromatic carbocycles. The van der Waals surface area contributed by atoms with Crippen molar-refractivity contribution < 1.29 is 9.59 Å². The van der Waals surface area contributed by atoms with Gasteiger partial charge in [0.05, 0.1) is 6.42 Å². The number of nitrogens with zero attached hydrogens (tertiary/aromatic N) is 1. The molecule has 0 saturated heterocycles. The number of aryl methyl sites for hydroxylation is 2. The average Bonchev–Trinajstić information content (AvgIpc) is 2.60. The van der Waals surface area contributed by atoms with E-state index in [1.807, 2.05) is 77.1 Å². The molecule has 1 atom stereocenters. The van der Waals surface area contributed by atoms with Crippen molar-refractivity contribution in [1.29, 1.82) is 0 Å². The van der Waals surface area contributed by atoms with Gasteiger partial charge in [-0.15, -0.1) is 0 Å². The van der Waals surface area contributed by atoms with Gasteiger partial charge >= 0.3 is 0 Å². The van der Waals surface area contributed by atoms with Crippen molar-refractivity contribution in [1.82, 2.24) is 10.2 Å². The van der Waals surface area contributed by atoms with Gasteiger partial charge in [-0.3, -0.25) is 9.59 Å². The fraction of sp³-hybridized carbons (Fsp3) is 0.417. The zero-order valence-electron chi connectivity index (χ0n) is 17.7. The van der Waals surface area contributed by atoms with Crippen LogP contribution in [0.4, 0.5) is 0 Å². The molecule has 0 aliphatic carbocycles. The van der Waals surface area contributed by atoms with E-state index in [9.17, 15) is 9.59 Å². The lowest BCUT2D eigenvalue weighted by Gasteiger charge is -2.31. The third kappa shape index (κ3) is 6.22. The van der Waals surface area contributed by atoms with E-state index in [0.29, 0.717) is 19.4 Å². The first-order valence-electron chi connectivity index (χ1n) is 10.0. The second-order valence-corrected chi connectivity index (χ2v) is 7.77. The Morgan fingerprint density at radius 2 is 1.57 bits per heavy atom. The number of hydrogen-bond acceptors (Lipinski definition) is 2. The maximum absolute atomic E-state index is 13.3. The van der Waals surface area contributed by atoms with Gasteiger partial charge in [0.15, 0.2) is 0 Å². The molecule has 2 rings (SSSR count). The predicted octanol–water partition coefficient (Wildman–Crippen LogP) is 4.18. The Balaban J connectivity index is 2.29. The summed E-state index contributed by atoms with van der Waals surface area (Å²) in [6, 6.07) is 15.6. The minimum Gasteiger partial charge on any atom is -0.352 e. The lowest BCUT2D eigenvalue weighted by atomic mass is 10.0. The summed E-state index contributed by atoms with van der Waals surface area (Å²) in [4.78, 5) is 27.8. The second kappa shape index (κ2) is 10.1. The molecule has 2 aromatic rings. The van der Waals surface area contributed by atoms with Crippen molar-refractivity contribution in [3.05, 3.63) is 70.8 Å². The quantitative estimate of drug-likeness (QED) is 0.747. The number of nitrogens with one attached hydrogen (secondary N) is 1. The maximum Gasteiger partial charge on any atom is 0.243 e. The summed E-state index contributed by atoms with van der Waals surface area (Å²) in [7, 11) is 0. The van der Waals surface area contributed by atoms with Crippen LogP contribution in [0.5, 0.6) is 0 Å². The van der Waals surface area contributed by atoms with E-state index in [1.54, 1.807) is 4.90 Å². The highest BCUT2D eigenvalue weighted by Crippen LogP contribution is 2.16. The van der Waals surface area contributed by atoms with E-state index in [-0.39, 0.29) is 17.9 Å². The van der Waals surface area contributed by atoms with E-state index < -0.39 is 6.04 Å². The normalized spacial score (nSPS) is 11.9. The molecule has 0 bridgehead atoms. The summed E-state index contributed by atoms with van der Waals surface area (Å²) in [6.07, 6.45) is 0.866. The van der Waals surface area contributed by atoms with Crippen LogP contribution in [0, 0.1) is 13.8 Å². The first kappa shape index (κ1) is 21.7.